The standard InChI is InChI=1S/C21H16FN3OS/c1-13-5-6-16(12-23-13)21-25-18-8-7-15(10-19(18)27-21)20(26)24-11-14-3-2-4-17(22)9-14/h2-10,12H,11H2,1H3,(H,24,26). The van der Waals surface area contributed by atoms with Gasteiger partial charge < -0.3 is 5.32 Å². The number of hydrogen-bond acceptors (Lipinski definition) is 4. The van der Waals surface area contributed by atoms with Gasteiger partial charge in [-0.15, -0.1) is 11.3 Å². The first kappa shape index (κ1) is 17.3. The second-order valence-corrected chi connectivity index (χ2v) is 7.23. The monoisotopic (exact) mass is 377 g/mol. The number of amides is 1. The Bertz CT molecular complexity index is 1120. The third kappa shape index (κ3) is 3.85. The molecule has 0 unspecified atom stereocenters. The molecule has 4 aromatic rings. The maximum Gasteiger partial charge on any atom is 0.251 e. The Labute approximate surface area is 159 Å². The van der Waals surface area contributed by atoms with Crippen LogP contribution in [0.4, 0.5) is 4.39 Å². The topological polar surface area (TPSA) is 54.9 Å². The van der Waals surface area contributed by atoms with E-state index in [-0.39, 0.29) is 18.3 Å². The van der Waals surface area contributed by atoms with Gasteiger partial charge in [0, 0.05) is 29.6 Å². The van der Waals surface area contributed by atoms with Crippen LogP contribution in [0.25, 0.3) is 20.8 Å². The first-order valence-corrected chi connectivity index (χ1v) is 9.26. The van der Waals surface area contributed by atoms with Gasteiger partial charge in [-0.2, -0.15) is 0 Å². The van der Waals surface area contributed by atoms with E-state index in [0.717, 1.165) is 32.0 Å². The fraction of sp³-hybridized carbons (Fsp3) is 0.0952. The molecular weight excluding hydrogens is 361 g/mol. The van der Waals surface area contributed by atoms with Crippen molar-refractivity contribution in [2.24, 2.45) is 0 Å². The molecule has 1 amide bonds. The third-order valence-electron chi connectivity index (χ3n) is 4.15. The number of nitrogens with one attached hydrogen (secondary N) is 1. The van der Waals surface area contributed by atoms with Crippen LogP contribution in [-0.2, 0) is 6.54 Å². The second-order valence-electron chi connectivity index (χ2n) is 6.20. The van der Waals surface area contributed by atoms with Crippen LogP contribution in [0, 0.1) is 12.7 Å². The predicted molar refractivity (Wildman–Crippen MR) is 105 cm³/mol. The van der Waals surface area contributed by atoms with E-state index in [1.54, 1.807) is 24.4 Å². The lowest BCUT2D eigenvalue weighted by Crippen LogP contribution is -2.22. The molecule has 27 heavy (non-hydrogen) atoms. The Morgan fingerprint density at radius 2 is 2.04 bits per heavy atom. The third-order valence-corrected chi connectivity index (χ3v) is 5.22. The van der Waals surface area contributed by atoms with Crippen molar-refractivity contribution in [3.05, 3.63) is 83.4 Å². The minimum Gasteiger partial charge on any atom is -0.348 e. The van der Waals surface area contributed by atoms with Crippen LogP contribution >= 0.6 is 11.3 Å². The molecule has 0 aliphatic rings. The molecule has 1 N–H and O–H groups in total. The molecule has 0 bridgehead atoms. The molecule has 4 rings (SSSR count). The molecule has 4 nitrogen and oxygen atoms in total. The van der Waals surface area contributed by atoms with Crippen molar-refractivity contribution in [2.75, 3.05) is 0 Å². The Balaban J connectivity index is 1.54. The summed E-state index contributed by atoms with van der Waals surface area (Å²) in [7, 11) is 0. The van der Waals surface area contributed by atoms with E-state index in [1.807, 2.05) is 31.2 Å². The average molecular weight is 377 g/mol. The van der Waals surface area contributed by atoms with E-state index in [0.29, 0.717) is 5.56 Å². The number of aromatic nitrogens is 2. The number of rotatable bonds is 4. The molecule has 2 aromatic heterocycles. The zero-order valence-corrected chi connectivity index (χ0v) is 15.4. The fourth-order valence-corrected chi connectivity index (χ4v) is 3.71. The molecule has 0 aliphatic carbocycles. The van der Waals surface area contributed by atoms with Crippen molar-refractivity contribution in [3.8, 4) is 10.6 Å². The second kappa shape index (κ2) is 7.25. The zero-order chi connectivity index (χ0) is 18.8. The first-order chi connectivity index (χ1) is 13.1. The summed E-state index contributed by atoms with van der Waals surface area (Å²) in [4.78, 5) is 21.4. The van der Waals surface area contributed by atoms with Gasteiger partial charge >= 0.3 is 0 Å². The molecule has 6 heteroatoms. The number of aryl methyl sites for hydroxylation is 1. The van der Waals surface area contributed by atoms with Gasteiger partial charge in [-0.25, -0.2) is 9.37 Å². The summed E-state index contributed by atoms with van der Waals surface area (Å²) in [5.74, 6) is -0.515. The van der Waals surface area contributed by atoms with Crippen LogP contribution < -0.4 is 5.32 Å². The average Bonchev–Trinajstić information content (AvgIpc) is 3.10. The van der Waals surface area contributed by atoms with E-state index in [1.165, 1.54) is 23.5 Å². The summed E-state index contributed by atoms with van der Waals surface area (Å²) in [6, 6.07) is 15.6. The summed E-state index contributed by atoms with van der Waals surface area (Å²) < 4.78 is 14.2. The molecule has 0 saturated heterocycles. The number of nitrogens with zero attached hydrogens (tertiary/aromatic N) is 2. The number of thiazole rings is 1. The van der Waals surface area contributed by atoms with E-state index < -0.39 is 0 Å². The number of halogens is 1. The molecule has 0 fully saturated rings. The van der Waals surface area contributed by atoms with Crippen LogP contribution in [0.1, 0.15) is 21.6 Å². The molecule has 0 aliphatic heterocycles. The number of carbonyl (C=O) groups excluding carboxylic acids is 1. The quantitative estimate of drug-likeness (QED) is 0.559. The Kier molecular flexibility index (Phi) is 4.64. The highest BCUT2D eigenvalue weighted by Gasteiger charge is 2.11. The van der Waals surface area contributed by atoms with Gasteiger partial charge in [0.2, 0.25) is 0 Å². The van der Waals surface area contributed by atoms with Crippen LogP contribution in [0.3, 0.4) is 0 Å². The fourth-order valence-electron chi connectivity index (χ4n) is 2.71. The number of fused-ring (bicyclic) bond motifs is 1. The Morgan fingerprint density at radius 3 is 2.81 bits per heavy atom. The van der Waals surface area contributed by atoms with Crippen molar-refractivity contribution in [3.63, 3.8) is 0 Å². The highest BCUT2D eigenvalue weighted by Crippen LogP contribution is 2.30. The SMILES string of the molecule is Cc1ccc(-c2nc3ccc(C(=O)NCc4cccc(F)c4)cc3s2)cn1. The van der Waals surface area contributed by atoms with Crippen molar-refractivity contribution >= 4 is 27.5 Å². The van der Waals surface area contributed by atoms with E-state index in [9.17, 15) is 9.18 Å². The van der Waals surface area contributed by atoms with Gasteiger partial charge in [0.15, 0.2) is 0 Å². The maximum atomic E-state index is 13.2. The Morgan fingerprint density at radius 1 is 1.15 bits per heavy atom. The molecule has 0 spiro atoms. The lowest BCUT2D eigenvalue weighted by molar-refractivity contribution is 0.0951. The van der Waals surface area contributed by atoms with Gasteiger partial charge in [-0.3, -0.25) is 9.78 Å². The zero-order valence-electron chi connectivity index (χ0n) is 14.6. The smallest absolute Gasteiger partial charge is 0.251 e. The summed E-state index contributed by atoms with van der Waals surface area (Å²) in [5, 5.41) is 3.69. The highest BCUT2D eigenvalue weighted by atomic mass is 32.1. The minimum atomic E-state index is -0.314. The molecule has 0 atom stereocenters. The van der Waals surface area contributed by atoms with Crippen LogP contribution in [0.15, 0.2) is 60.8 Å². The van der Waals surface area contributed by atoms with Crippen LogP contribution in [0.2, 0.25) is 0 Å². The molecule has 134 valence electrons. The normalized spacial score (nSPS) is 10.9. The molecule has 2 aromatic carbocycles. The van der Waals surface area contributed by atoms with Crippen LogP contribution in [-0.4, -0.2) is 15.9 Å². The van der Waals surface area contributed by atoms with Gasteiger partial charge in [-0.05, 0) is 55.0 Å². The minimum absolute atomic E-state index is 0.201. The summed E-state index contributed by atoms with van der Waals surface area (Å²) in [5.41, 5.74) is 4.03. The summed E-state index contributed by atoms with van der Waals surface area (Å²) in [6.45, 7) is 2.22. The van der Waals surface area contributed by atoms with E-state index >= 15 is 0 Å². The number of pyridine rings is 1. The lowest BCUT2D eigenvalue weighted by atomic mass is 10.2. The maximum absolute atomic E-state index is 13.2. The highest BCUT2D eigenvalue weighted by molar-refractivity contribution is 7.21. The Hall–Kier alpha value is -3.12. The molecule has 2 heterocycles. The summed E-state index contributed by atoms with van der Waals surface area (Å²) in [6.07, 6.45) is 1.81. The van der Waals surface area contributed by atoms with Gasteiger partial charge in [0.25, 0.3) is 5.91 Å². The lowest BCUT2D eigenvalue weighted by Gasteiger charge is -2.05. The van der Waals surface area contributed by atoms with Crippen molar-refractivity contribution in [1.82, 2.24) is 15.3 Å². The van der Waals surface area contributed by atoms with E-state index in [4.69, 9.17) is 0 Å². The number of carbonyl (C=O) groups is 1. The summed E-state index contributed by atoms with van der Waals surface area (Å²) >= 11 is 1.52. The number of benzene rings is 2. The van der Waals surface area contributed by atoms with Crippen molar-refractivity contribution in [1.29, 1.82) is 0 Å². The van der Waals surface area contributed by atoms with Gasteiger partial charge in [-0.1, -0.05) is 12.1 Å². The van der Waals surface area contributed by atoms with Gasteiger partial charge in [0.05, 0.1) is 10.2 Å². The van der Waals surface area contributed by atoms with Gasteiger partial charge in [0.1, 0.15) is 10.8 Å². The molecule has 0 saturated carbocycles. The first-order valence-electron chi connectivity index (χ1n) is 8.45. The van der Waals surface area contributed by atoms with Crippen LogP contribution in [0.5, 0.6) is 0 Å². The number of hydrogen-bond donors (Lipinski definition) is 1. The molecular formula is C21H16FN3OS. The molecule has 0 radical (unpaired) electrons. The van der Waals surface area contributed by atoms with Crippen molar-refractivity contribution in [2.45, 2.75) is 13.5 Å². The van der Waals surface area contributed by atoms with Crippen molar-refractivity contribution < 1.29 is 9.18 Å². The predicted octanol–water partition coefficient (Wildman–Crippen LogP) is 4.74. The largest absolute Gasteiger partial charge is 0.348 e. The van der Waals surface area contributed by atoms with E-state index in [2.05, 4.69) is 15.3 Å².